The van der Waals surface area contributed by atoms with Gasteiger partial charge in [-0.05, 0) is 43.9 Å². The molecule has 2 heterocycles. The van der Waals surface area contributed by atoms with Crippen molar-refractivity contribution in [1.29, 1.82) is 0 Å². The number of nitrogens with one attached hydrogen (secondary N) is 2. The van der Waals surface area contributed by atoms with Gasteiger partial charge in [0.1, 0.15) is 5.00 Å². The van der Waals surface area contributed by atoms with Gasteiger partial charge in [0.25, 0.3) is 11.8 Å². The number of fused-ring (bicyclic) bond motifs is 1. The Hall–Kier alpha value is -1.90. The van der Waals surface area contributed by atoms with Crippen LogP contribution in [-0.2, 0) is 17.6 Å². The Labute approximate surface area is 157 Å². The molecule has 0 spiro atoms. The molecule has 3 amide bonds. The molecule has 9 heteroatoms. The maximum Gasteiger partial charge on any atom is 0.414 e. The van der Waals surface area contributed by atoms with Crippen molar-refractivity contribution in [3.05, 3.63) is 37.4 Å². The molecule has 0 aromatic carbocycles. The maximum absolute atomic E-state index is 12.5. The molecule has 2 aromatic rings. The predicted octanol–water partition coefficient (Wildman–Crippen LogP) is 4.09. The first-order valence-electron chi connectivity index (χ1n) is 7.69. The maximum atomic E-state index is 12.5. The van der Waals surface area contributed by atoms with E-state index in [2.05, 4.69) is 10.6 Å². The number of alkyl carbamates (subject to hydrolysis) is 1. The molecule has 0 radical (unpaired) electrons. The smallest absolute Gasteiger partial charge is 0.414 e. The summed E-state index contributed by atoms with van der Waals surface area (Å²) in [7, 11) is 0. The van der Waals surface area contributed by atoms with Crippen LogP contribution in [0.3, 0.4) is 0 Å². The van der Waals surface area contributed by atoms with E-state index in [0.29, 0.717) is 19.8 Å². The average molecular weight is 399 g/mol. The average Bonchev–Trinajstić information content (AvgIpc) is 3.22. The van der Waals surface area contributed by atoms with Gasteiger partial charge in [0, 0.05) is 4.88 Å². The SMILES string of the molecule is CCOC(=O)NC(=O)c1c(NC(=O)c2ccc(Cl)s2)sc2c1CCC2. The first-order chi connectivity index (χ1) is 12.0. The molecule has 0 bridgehead atoms. The Morgan fingerprint density at radius 1 is 1.20 bits per heavy atom. The van der Waals surface area contributed by atoms with E-state index in [9.17, 15) is 14.4 Å². The monoisotopic (exact) mass is 398 g/mol. The zero-order valence-electron chi connectivity index (χ0n) is 13.3. The second-order valence-corrected chi connectivity index (χ2v) is 8.11. The Bertz CT molecular complexity index is 843. The Balaban J connectivity index is 1.85. The van der Waals surface area contributed by atoms with Gasteiger partial charge in [-0.3, -0.25) is 14.9 Å². The van der Waals surface area contributed by atoms with Gasteiger partial charge in [0.15, 0.2) is 0 Å². The first kappa shape index (κ1) is 17.9. The van der Waals surface area contributed by atoms with Crippen LogP contribution in [-0.4, -0.2) is 24.5 Å². The molecule has 1 aliphatic rings. The molecule has 0 saturated heterocycles. The lowest BCUT2D eigenvalue weighted by Crippen LogP contribution is -2.32. The lowest BCUT2D eigenvalue weighted by Gasteiger charge is -2.08. The molecule has 0 atom stereocenters. The van der Waals surface area contributed by atoms with Gasteiger partial charge in [-0.15, -0.1) is 22.7 Å². The number of hydrogen-bond acceptors (Lipinski definition) is 6. The highest BCUT2D eigenvalue weighted by Crippen LogP contribution is 2.39. The van der Waals surface area contributed by atoms with E-state index in [1.54, 1.807) is 19.1 Å². The van der Waals surface area contributed by atoms with Crippen LogP contribution >= 0.6 is 34.3 Å². The van der Waals surface area contributed by atoms with Gasteiger partial charge in [-0.25, -0.2) is 4.79 Å². The van der Waals surface area contributed by atoms with Crippen LogP contribution in [0.5, 0.6) is 0 Å². The standard InChI is InChI=1S/C16H15ClN2O4S2/c1-2-23-16(22)19-14(21)12-8-4-3-5-9(8)25-15(12)18-13(20)10-6-7-11(17)24-10/h6-7H,2-5H2,1H3,(H,18,20)(H,19,21,22). The number of carbonyl (C=O) groups excluding carboxylic acids is 3. The fourth-order valence-electron chi connectivity index (χ4n) is 2.66. The third kappa shape index (κ3) is 3.86. The number of amides is 3. The molecule has 2 N–H and O–H groups in total. The molecule has 1 aliphatic carbocycles. The number of hydrogen-bond donors (Lipinski definition) is 2. The summed E-state index contributed by atoms with van der Waals surface area (Å²) >= 11 is 8.40. The fraction of sp³-hybridized carbons (Fsp3) is 0.312. The molecule has 2 aromatic heterocycles. The molecule has 0 saturated carbocycles. The van der Waals surface area contributed by atoms with E-state index in [-0.39, 0.29) is 12.5 Å². The van der Waals surface area contributed by atoms with Crippen molar-refractivity contribution in [2.24, 2.45) is 0 Å². The van der Waals surface area contributed by atoms with Crippen LogP contribution in [0.2, 0.25) is 4.34 Å². The minimum atomic E-state index is -0.798. The van der Waals surface area contributed by atoms with E-state index in [1.165, 1.54) is 11.3 Å². The van der Waals surface area contributed by atoms with E-state index in [0.717, 1.165) is 41.0 Å². The molecular weight excluding hydrogens is 384 g/mol. The Morgan fingerprint density at radius 3 is 2.68 bits per heavy atom. The predicted molar refractivity (Wildman–Crippen MR) is 98.1 cm³/mol. The zero-order chi connectivity index (χ0) is 18.0. The summed E-state index contributed by atoms with van der Waals surface area (Å²) in [4.78, 5) is 38.0. The van der Waals surface area contributed by atoms with Gasteiger partial charge in [-0.1, -0.05) is 11.6 Å². The molecule has 0 unspecified atom stereocenters. The number of imide groups is 1. The lowest BCUT2D eigenvalue weighted by atomic mass is 10.1. The number of ether oxygens (including phenoxy) is 1. The zero-order valence-corrected chi connectivity index (χ0v) is 15.7. The van der Waals surface area contributed by atoms with Crippen LogP contribution < -0.4 is 10.6 Å². The Kier molecular flexibility index (Phi) is 5.41. The molecular formula is C16H15ClN2O4S2. The molecule has 0 fully saturated rings. The first-order valence-corrected chi connectivity index (χ1v) is 9.70. The second-order valence-electron chi connectivity index (χ2n) is 5.29. The number of rotatable bonds is 4. The van der Waals surface area contributed by atoms with Crippen molar-refractivity contribution in [3.63, 3.8) is 0 Å². The summed E-state index contributed by atoms with van der Waals surface area (Å²) in [6, 6.07) is 3.27. The number of halogens is 1. The van der Waals surface area contributed by atoms with Crippen molar-refractivity contribution in [3.8, 4) is 0 Å². The summed E-state index contributed by atoms with van der Waals surface area (Å²) in [5, 5.41) is 5.43. The molecule has 132 valence electrons. The lowest BCUT2D eigenvalue weighted by molar-refractivity contribution is 0.0925. The Morgan fingerprint density at radius 2 is 2.00 bits per heavy atom. The molecule has 6 nitrogen and oxygen atoms in total. The molecule has 0 aliphatic heterocycles. The van der Waals surface area contributed by atoms with Gasteiger partial charge in [0.05, 0.1) is 21.4 Å². The minimum absolute atomic E-state index is 0.170. The summed E-state index contributed by atoms with van der Waals surface area (Å²) < 4.78 is 5.27. The van der Waals surface area contributed by atoms with Crippen LogP contribution in [0.15, 0.2) is 12.1 Å². The largest absolute Gasteiger partial charge is 0.450 e. The normalized spacial score (nSPS) is 12.6. The van der Waals surface area contributed by atoms with Crippen molar-refractivity contribution >= 4 is 57.2 Å². The quantitative estimate of drug-likeness (QED) is 0.812. The summed E-state index contributed by atoms with van der Waals surface area (Å²) in [6.45, 7) is 1.83. The number of carbonyl (C=O) groups is 3. The topological polar surface area (TPSA) is 84.5 Å². The highest BCUT2D eigenvalue weighted by molar-refractivity contribution is 7.18. The van der Waals surface area contributed by atoms with Crippen LogP contribution in [0.4, 0.5) is 9.80 Å². The minimum Gasteiger partial charge on any atom is -0.450 e. The number of anilines is 1. The van der Waals surface area contributed by atoms with Crippen molar-refractivity contribution in [2.45, 2.75) is 26.2 Å². The van der Waals surface area contributed by atoms with Crippen LogP contribution in [0, 0.1) is 0 Å². The summed E-state index contributed by atoms with van der Waals surface area (Å²) in [6.07, 6.45) is 1.77. The highest BCUT2D eigenvalue weighted by atomic mass is 35.5. The van der Waals surface area contributed by atoms with Crippen LogP contribution in [0.25, 0.3) is 0 Å². The van der Waals surface area contributed by atoms with Crippen molar-refractivity contribution in [1.82, 2.24) is 5.32 Å². The number of thiophene rings is 2. The third-order valence-corrected chi connectivity index (χ3v) is 6.10. The van der Waals surface area contributed by atoms with E-state index >= 15 is 0 Å². The molecule has 25 heavy (non-hydrogen) atoms. The van der Waals surface area contributed by atoms with E-state index in [1.807, 2.05) is 0 Å². The van der Waals surface area contributed by atoms with E-state index in [4.69, 9.17) is 16.3 Å². The molecule has 3 rings (SSSR count). The third-order valence-electron chi connectivity index (χ3n) is 3.66. The van der Waals surface area contributed by atoms with E-state index < -0.39 is 12.0 Å². The summed E-state index contributed by atoms with van der Waals surface area (Å²) in [5.74, 6) is -0.889. The number of aryl methyl sites for hydroxylation is 1. The second kappa shape index (κ2) is 7.55. The highest BCUT2D eigenvalue weighted by Gasteiger charge is 2.28. The van der Waals surface area contributed by atoms with Gasteiger partial charge in [0.2, 0.25) is 0 Å². The van der Waals surface area contributed by atoms with Gasteiger partial charge < -0.3 is 10.1 Å². The van der Waals surface area contributed by atoms with Crippen LogP contribution in [0.1, 0.15) is 43.8 Å². The summed E-state index contributed by atoms with van der Waals surface area (Å²) in [5.41, 5.74) is 1.24. The van der Waals surface area contributed by atoms with Crippen molar-refractivity contribution < 1.29 is 19.1 Å². The fourth-order valence-corrected chi connectivity index (χ4v) is 4.88. The van der Waals surface area contributed by atoms with Gasteiger partial charge in [-0.2, -0.15) is 0 Å². The van der Waals surface area contributed by atoms with Gasteiger partial charge >= 0.3 is 6.09 Å². The van der Waals surface area contributed by atoms with Crippen molar-refractivity contribution in [2.75, 3.05) is 11.9 Å².